The van der Waals surface area contributed by atoms with E-state index < -0.39 is 0 Å². The first-order valence-corrected chi connectivity index (χ1v) is 9.44. The Morgan fingerprint density at radius 1 is 0.960 bits per heavy atom. The number of Topliss-reactive ketones (excluding diaryl/α,β-unsaturated/α-hetero) is 1. The van der Waals surface area contributed by atoms with Crippen molar-refractivity contribution in [2.45, 2.75) is 50.9 Å². The highest BCUT2D eigenvalue weighted by Gasteiger charge is 2.24. The van der Waals surface area contributed by atoms with Crippen molar-refractivity contribution < 1.29 is 9.53 Å². The number of methoxy groups -OCH3 is 1. The summed E-state index contributed by atoms with van der Waals surface area (Å²) in [5.74, 6) is 2.57. The van der Waals surface area contributed by atoms with Gasteiger partial charge in [0.1, 0.15) is 11.5 Å². The summed E-state index contributed by atoms with van der Waals surface area (Å²) in [5.41, 5.74) is 2.67. The fraction of sp³-hybridized carbons (Fsp3) is 0.435. The average Bonchev–Trinajstić information content (AvgIpc) is 2.68. The number of rotatable bonds is 7. The third-order valence-corrected chi connectivity index (χ3v) is 5.49. The van der Waals surface area contributed by atoms with Crippen LogP contribution in [0.25, 0.3) is 0 Å². The largest absolute Gasteiger partial charge is 0.497 e. The van der Waals surface area contributed by atoms with Gasteiger partial charge in [0.15, 0.2) is 0 Å². The summed E-state index contributed by atoms with van der Waals surface area (Å²) in [6, 6.07) is 18.8. The Morgan fingerprint density at radius 2 is 1.64 bits per heavy atom. The summed E-state index contributed by atoms with van der Waals surface area (Å²) in [7, 11) is 1.70. The topological polar surface area (TPSA) is 26.3 Å². The predicted molar refractivity (Wildman–Crippen MR) is 102 cm³/mol. The molecule has 1 saturated carbocycles. The Bertz CT molecular complexity index is 652. The van der Waals surface area contributed by atoms with Gasteiger partial charge in [-0.2, -0.15) is 0 Å². The van der Waals surface area contributed by atoms with Gasteiger partial charge in [-0.3, -0.25) is 4.79 Å². The number of ether oxygens (including phenoxy) is 1. The van der Waals surface area contributed by atoms with Crippen LogP contribution in [-0.4, -0.2) is 12.9 Å². The fourth-order valence-electron chi connectivity index (χ4n) is 3.93. The molecule has 0 atom stereocenters. The molecule has 0 aliphatic heterocycles. The van der Waals surface area contributed by atoms with E-state index in [1.165, 1.54) is 36.8 Å². The normalized spacial score (nSPS) is 20.2. The quantitative estimate of drug-likeness (QED) is 0.661. The van der Waals surface area contributed by atoms with Crippen LogP contribution in [0.4, 0.5) is 0 Å². The van der Waals surface area contributed by atoms with E-state index in [1.54, 1.807) is 7.11 Å². The lowest BCUT2D eigenvalue weighted by molar-refractivity contribution is -0.120. The molecule has 2 aromatic rings. The number of hydrogen-bond donors (Lipinski definition) is 0. The molecular formula is C23H28O2. The average molecular weight is 336 g/mol. The maximum atomic E-state index is 12.3. The van der Waals surface area contributed by atoms with E-state index in [-0.39, 0.29) is 0 Å². The predicted octanol–water partition coefficient (Wildman–Crippen LogP) is 5.56. The van der Waals surface area contributed by atoms with E-state index in [2.05, 4.69) is 36.4 Å². The van der Waals surface area contributed by atoms with Gasteiger partial charge >= 0.3 is 0 Å². The summed E-state index contributed by atoms with van der Waals surface area (Å²) in [6.07, 6.45) is 7.07. The number of benzene rings is 2. The zero-order valence-electron chi connectivity index (χ0n) is 15.1. The van der Waals surface area contributed by atoms with Crippen LogP contribution in [0.3, 0.4) is 0 Å². The molecule has 0 radical (unpaired) electrons. The third kappa shape index (κ3) is 5.19. The summed E-state index contributed by atoms with van der Waals surface area (Å²) >= 11 is 0. The van der Waals surface area contributed by atoms with E-state index in [0.29, 0.717) is 24.0 Å². The monoisotopic (exact) mass is 336 g/mol. The molecule has 0 N–H and O–H groups in total. The minimum atomic E-state index is 0.428. The van der Waals surface area contributed by atoms with Gasteiger partial charge in [0, 0.05) is 12.8 Å². The Balaban J connectivity index is 1.41. The molecule has 0 unspecified atom stereocenters. The summed E-state index contributed by atoms with van der Waals surface area (Å²) in [6.45, 7) is 0. The van der Waals surface area contributed by atoms with Crippen LogP contribution >= 0.6 is 0 Å². The summed E-state index contributed by atoms with van der Waals surface area (Å²) in [5, 5.41) is 0. The van der Waals surface area contributed by atoms with Crippen LogP contribution in [0.1, 0.15) is 55.6 Å². The number of carbonyl (C=O) groups excluding carboxylic acids is 1. The molecule has 25 heavy (non-hydrogen) atoms. The molecule has 0 bridgehead atoms. The van der Waals surface area contributed by atoms with Crippen molar-refractivity contribution >= 4 is 5.78 Å². The first-order valence-electron chi connectivity index (χ1n) is 9.44. The Labute approximate surface area is 151 Å². The van der Waals surface area contributed by atoms with Crippen molar-refractivity contribution in [2.24, 2.45) is 5.92 Å². The van der Waals surface area contributed by atoms with Crippen molar-refractivity contribution in [2.75, 3.05) is 7.11 Å². The Hall–Kier alpha value is -2.09. The highest BCUT2D eigenvalue weighted by Crippen LogP contribution is 2.37. The van der Waals surface area contributed by atoms with Gasteiger partial charge in [-0.1, -0.05) is 42.5 Å². The molecule has 1 aliphatic carbocycles. The van der Waals surface area contributed by atoms with Crippen molar-refractivity contribution in [3.63, 3.8) is 0 Å². The molecule has 0 aromatic heterocycles. The van der Waals surface area contributed by atoms with Crippen molar-refractivity contribution in [3.05, 3.63) is 65.7 Å². The molecule has 3 rings (SSSR count). The Kier molecular flexibility index (Phi) is 6.27. The zero-order chi connectivity index (χ0) is 17.5. The van der Waals surface area contributed by atoms with E-state index in [0.717, 1.165) is 18.6 Å². The maximum absolute atomic E-state index is 12.3. The van der Waals surface area contributed by atoms with Gasteiger partial charge in [0.2, 0.25) is 0 Å². The molecule has 1 fully saturated rings. The van der Waals surface area contributed by atoms with Crippen molar-refractivity contribution in [3.8, 4) is 5.75 Å². The minimum absolute atomic E-state index is 0.428. The highest BCUT2D eigenvalue weighted by molar-refractivity contribution is 5.78. The van der Waals surface area contributed by atoms with E-state index >= 15 is 0 Å². The molecule has 2 aromatic carbocycles. The first-order chi connectivity index (χ1) is 12.2. The lowest BCUT2D eigenvalue weighted by Crippen LogP contribution is -2.17. The van der Waals surface area contributed by atoms with Crippen LogP contribution in [0.5, 0.6) is 5.75 Å². The standard InChI is InChI=1S/C23H28O2/c1-25-23-15-12-21(13-16-23)20-10-7-19(8-11-20)17-22(24)14-9-18-5-3-2-4-6-18/h2-6,12-13,15-16,19-20H,7-11,14,17H2,1H3. The lowest BCUT2D eigenvalue weighted by atomic mass is 9.77. The second kappa shape index (κ2) is 8.84. The molecule has 0 heterocycles. The number of aryl methyl sites for hydroxylation is 1. The second-order valence-corrected chi connectivity index (χ2v) is 7.22. The van der Waals surface area contributed by atoms with Crippen molar-refractivity contribution in [1.29, 1.82) is 0 Å². The van der Waals surface area contributed by atoms with Crippen LogP contribution in [0.2, 0.25) is 0 Å². The van der Waals surface area contributed by atoms with Gasteiger partial charge in [-0.25, -0.2) is 0 Å². The highest BCUT2D eigenvalue weighted by atomic mass is 16.5. The number of carbonyl (C=O) groups is 1. The second-order valence-electron chi connectivity index (χ2n) is 7.22. The van der Waals surface area contributed by atoms with Crippen LogP contribution in [0, 0.1) is 5.92 Å². The van der Waals surface area contributed by atoms with E-state index in [9.17, 15) is 4.79 Å². The first kappa shape index (κ1) is 17.7. The molecule has 2 heteroatoms. The van der Waals surface area contributed by atoms with Gasteiger partial charge in [-0.05, 0) is 67.2 Å². The lowest BCUT2D eigenvalue weighted by Gasteiger charge is -2.28. The van der Waals surface area contributed by atoms with Crippen molar-refractivity contribution in [1.82, 2.24) is 0 Å². The molecule has 1 aliphatic rings. The fourth-order valence-corrected chi connectivity index (χ4v) is 3.93. The van der Waals surface area contributed by atoms with E-state index in [1.807, 2.05) is 18.2 Å². The smallest absolute Gasteiger partial charge is 0.133 e. The molecule has 0 spiro atoms. The molecular weight excluding hydrogens is 308 g/mol. The molecule has 0 amide bonds. The minimum Gasteiger partial charge on any atom is -0.497 e. The zero-order valence-corrected chi connectivity index (χ0v) is 15.1. The van der Waals surface area contributed by atoms with Gasteiger partial charge in [-0.15, -0.1) is 0 Å². The molecule has 2 nitrogen and oxygen atoms in total. The van der Waals surface area contributed by atoms with Crippen LogP contribution in [0.15, 0.2) is 54.6 Å². The third-order valence-electron chi connectivity index (χ3n) is 5.49. The maximum Gasteiger partial charge on any atom is 0.133 e. The van der Waals surface area contributed by atoms with Gasteiger partial charge in [0.25, 0.3) is 0 Å². The van der Waals surface area contributed by atoms with Gasteiger partial charge in [0.05, 0.1) is 7.11 Å². The summed E-state index contributed by atoms with van der Waals surface area (Å²) < 4.78 is 5.23. The molecule has 132 valence electrons. The SMILES string of the molecule is COc1ccc(C2CCC(CC(=O)CCc3ccccc3)CC2)cc1. The van der Waals surface area contributed by atoms with Crippen LogP contribution in [-0.2, 0) is 11.2 Å². The number of hydrogen-bond acceptors (Lipinski definition) is 2. The number of ketones is 1. The van der Waals surface area contributed by atoms with E-state index in [4.69, 9.17) is 4.74 Å². The Morgan fingerprint density at radius 3 is 2.28 bits per heavy atom. The van der Waals surface area contributed by atoms with Crippen LogP contribution < -0.4 is 4.74 Å². The molecule has 0 saturated heterocycles. The van der Waals surface area contributed by atoms with Gasteiger partial charge < -0.3 is 4.74 Å². The summed E-state index contributed by atoms with van der Waals surface area (Å²) in [4.78, 5) is 12.3.